The molecule has 0 saturated heterocycles. The molecule has 8 heteroatoms. The standard InChI is InChI=1S/C24H22N4O4/c1-30-18-11-22(31-2)19(23(12-18)32-3)14-25-28-24(29)21-13-20(26-27-21)17-9-8-15-6-4-5-7-16(15)10-17/h4-14H,1-3H3,(H,26,27)(H,28,29)/b25-14+. The highest BCUT2D eigenvalue weighted by molar-refractivity contribution is 5.95. The topological polar surface area (TPSA) is 97.8 Å². The average molecular weight is 430 g/mol. The second-order valence-corrected chi connectivity index (χ2v) is 6.87. The van der Waals surface area contributed by atoms with Gasteiger partial charge in [0.25, 0.3) is 5.91 Å². The van der Waals surface area contributed by atoms with Gasteiger partial charge in [-0.1, -0.05) is 36.4 Å². The molecule has 0 radical (unpaired) electrons. The molecule has 0 spiro atoms. The van der Waals surface area contributed by atoms with Gasteiger partial charge in [0.05, 0.1) is 38.8 Å². The minimum Gasteiger partial charge on any atom is -0.496 e. The van der Waals surface area contributed by atoms with Crippen LogP contribution in [0.5, 0.6) is 17.2 Å². The quantitative estimate of drug-likeness (QED) is 0.341. The van der Waals surface area contributed by atoms with Crippen molar-refractivity contribution in [2.75, 3.05) is 21.3 Å². The molecule has 0 aliphatic heterocycles. The molecule has 4 aromatic rings. The first-order valence-electron chi connectivity index (χ1n) is 9.81. The third kappa shape index (κ3) is 4.24. The van der Waals surface area contributed by atoms with Crippen molar-refractivity contribution in [1.82, 2.24) is 15.6 Å². The lowest BCUT2D eigenvalue weighted by atomic mass is 10.1. The zero-order valence-electron chi connectivity index (χ0n) is 17.9. The van der Waals surface area contributed by atoms with Crippen LogP contribution in [0.1, 0.15) is 16.1 Å². The van der Waals surface area contributed by atoms with Gasteiger partial charge in [0.2, 0.25) is 0 Å². The average Bonchev–Trinajstić information content (AvgIpc) is 3.34. The Labute approximate surface area is 184 Å². The number of hydrazone groups is 1. The van der Waals surface area contributed by atoms with E-state index in [4.69, 9.17) is 14.2 Å². The summed E-state index contributed by atoms with van der Waals surface area (Å²) in [6.45, 7) is 0. The summed E-state index contributed by atoms with van der Waals surface area (Å²) in [5.41, 5.74) is 4.93. The zero-order chi connectivity index (χ0) is 22.5. The highest BCUT2D eigenvalue weighted by Crippen LogP contribution is 2.32. The van der Waals surface area contributed by atoms with Gasteiger partial charge < -0.3 is 14.2 Å². The fourth-order valence-corrected chi connectivity index (χ4v) is 3.31. The summed E-state index contributed by atoms with van der Waals surface area (Å²) in [4.78, 5) is 12.5. The molecule has 1 aromatic heterocycles. The molecule has 4 rings (SSSR count). The predicted molar refractivity (Wildman–Crippen MR) is 123 cm³/mol. The zero-order valence-corrected chi connectivity index (χ0v) is 17.9. The molecule has 0 unspecified atom stereocenters. The minimum atomic E-state index is -0.424. The first-order valence-corrected chi connectivity index (χ1v) is 9.81. The number of amides is 1. The summed E-state index contributed by atoms with van der Waals surface area (Å²) in [6.07, 6.45) is 1.45. The Kier molecular flexibility index (Phi) is 6.03. The highest BCUT2D eigenvalue weighted by Gasteiger charge is 2.13. The number of carbonyl (C=O) groups is 1. The Morgan fingerprint density at radius 3 is 2.34 bits per heavy atom. The number of carbonyl (C=O) groups excluding carboxylic acids is 1. The number of rotatable bonds is 7. The molecule has 0 aliphatic rings. The van der Waals surface area contributed by atoms with E-state index in [1.54, 1.807) is 25.3 Å². The van der Waals surface area contributed by atoms with Crippen LogP contribution in [-0.4, -0.2) is 43.6 Å². The fourth-order valence-electron chi connectivity index (χ4n) is 3.31. The summed E-state index contributed by atoms with van der Waals surface area (Å²) in [7, 11) is 4.62. The lowest BCUT2D eigenvalue weighted by Gasteiger charge is -2.12. The van der Waals surface area contributed by atoms with Gasteiger partial charge in [-0.15, -0.1) is 0 Å². The molecular weight excluding hydrogens is 408 g/mol. The number of aromatic nitrogens is 2. The number of nitrogens with zero attached hydrogens (tertiary/aromatic N) is 2. The largest absolute Gasteiger partial charge is 0.496 e. The van der Waals surface area contributed by atoms with Crippen LogP contribution in [0.25, 0.3) is 22.0 Å². The summed E-state index contributed by atoms with van der Waals surface area (Å²) in [6, 6.07) is 19.2. The van der Waals surface area contributed by atoms with E-state index in [-0.39, 0.29) is 0 Å². The van der Waals surface area contributed by atoms with E-state index in [1.807, 2.05) is 42.5 Å². The first kappa shape index (κ1) is 20.9. The van der Waals surface area contributed by atoms with Crippen LogP contribution in [-0.2, 0) is 0 Å². The molecule has 8 nitrogen and oxygen atoms in total. The van der Waals surface area contributed by atoms with E-state index in [9.17, 15) is 4.79 Å². The Bertz CT molecular complexity index is 1270. The van der Waals surface area contributed by atoms with E-state index in [2.05, 4.69) is 20.7 Å². The molecule has 3 aromatic carbocycles. The Morgan fingerprint density at radius 2 is 1.66 bits per heavy atom. The number of aromatic amines is 1. The van der Waals surface area contributed by atoms with E-state index in [0.717, 1.165) is 16.3 Å². The summed E-state index contributed by atoms with van der Waals surface area (Å²) in [5.74, 6) is 1.16. The van der Waals surface area contributed by atoms with Crippen molar-refractivity contribution in [3.8, 4) is 28.5 Å². The van der Waals surface area contributed by atoms with E-state index < -0.39 is 5.91 Å². The number of methoxy groups -OCH3 is 3. The van der Waals surface area contributed by atoms with Crippen molar-refractivity contribution >= 4 is 22.9 Å². The molecular formula is C24H22N4O4. The van der Waals surface area contributed by atoms with Gasteiger partial charge in [-0.05, 0) is 22.9 Å². The van der Waals surface area contributed by atoms with Gasteiger partial charge in [-0.2, -0.15) is 10.2 Å². The van der Waals surface area contributed by atoms with Gasteiger partial charge >= 0.3 is 0 Å². The third-order valence-corrected chi connectivity index (χ3v) is 4.98. The first-order chi connectivity index (χ1) is 15.6. The molecule has 32 heavy (non-hydrogen) atoms. The molecule has 0 bridgehead atoms. The SMILES string of the molecule is COc1cc(OC)c(/C=N/NC(=O)c2cc(-c3ccc4ccccc4c3)n[nH]2)c(OC)c1. The molecule has 0 aliphatic carbocycles. The maximum absolute atomic E-state index is 12.5. The number of benzene rings is 3. The molecule has 1 amide bonds. The predicted octanol–water partition coefficient (Wildman–Crippen LogP) is 4.02. The van der Waals surface area contributed by atoms with Crippen LogP contribution in [0.4, 0.5) is 0 Å². The summed E-state index contributed by atoms with van der Waals surface area (Å²) >= 11 is 0. The van der Waals surface area contributed by atoms with Crippen LogP contribution >= 0.6 is 0 Å². The van der Waals surface area contributed by atoms with Crippen molar-refractivity contribution in [2.24, 2.45) is 5.10 Å². The Morgan fingerprint density at radius 1 is 0.938 bits per heavy atom. The van der Waals surface area contributed by atoms with Crippen LogP contribution in [0.2, 0.25) is 0 Å². The number of hydrogen-bond donors (Lipinski definition) is 2. The molecule has 2 N–H and O–H groups in total. The molecule has 0 fully saturated rings. The fraction of sp³-hybridized carbons (Fsp3) is 0.125. The molecule has 0 saturated carbocycles. The van der Waals surface area contributed by atoms with Crippen molar-refractivity contribution < 1.29 is 19.0 Å². The molecule has 0 atom stereocenters. The van der Waals surface area contributed by atoms with Crippen molar-refractivity contribution in [3.05, 3.63) is 71.9 Å². The summed E-state index contributed by atoms with van der Waals surface area (Å²) in [5, 5.41) is 13.3. The van der Waals surface area contributed by atoms with E-state index in [1.165, 1.54) is 20.4 Å². The van der Waals surface area contributed by atoms with Crippen LogP contribution in [0.15, 0.2) is 65.8 Å². The van der Waals surface area contributed by atoms with Crippen LogP contribution in [0.3, 0.4) is 0 Å². The lowest BCUT2D eigenvalue weighted by Crippen LogP contribution is -2.18. The van der Waals surface area contributed by atoms with Gasteiger partial charge in [0.15, 0.2) is 0 Å². The van der Waals surface area contributed by atoms with Gasteiger partial charge in [0.1, 0.15) is 22.9 Å². The van der Waals surface area contributed by atoms with E-state index in [0.29, 0.717) is 34.2 Å². The number of hydrogen-bond acceptors (Lipinski definition) is 6. The lowest BCUT2D eigenvalue weighted by molar-refractivity contribution is 0.0950. The molecule has 162 valence electrons. The van der Waals surface area contributed by atoms with Gasteiger partial charge in [-0.25, -0.2) is 5.43 Å². The van der Waals surface area contributed by atoms with Gasteiger partial charge in [0, 0.05) is 17.7 Å². The monoisotopic (exact) mass is 430 g/mol. The number of nitrogens with one attached hydrogen (secondary N) is 2. The number of H-pyrrole nitrogens is 1. The van der Waals surface area contributed by atoms with Crippen molar-refractivity contribution in [1.29, 1.82) is 0 Å². The minimum absolute atomic E-state index is 0.291. The smallest absolute Gasteiger partial charge is 0.289 e. The normalized spacial score (nSPS) is 11.0. The van der Waals surface area contributed by atoms with Crippen LogP contribution < -0.4 is 19.6 Å². The van der Waals surface area contributed by atoms with E-state index >= 15 is 0 Å². The maximum Gasteiger partial charge on any atom is 0.289 e. The van der Waals surface area contributed by atoms with Crippen molar-refractivity contribution in [2.45, 2.75) is 0 Å². The maximum atomic E-state index is 12.5. The molecule has 1 heterocycles. The number of ether oxygens (including phenoxy) is 3. The second-order valence-electron chi connectivity index (χ2n) is 6.87. The Balaban J connectivity index is 1.51. The Hall–Kier alpha value is -4.33. The second kappa shape index (κ2) is 9.22. The number of fused-ring (bicyclic) bond motifs is 1. The highest BCUT2D eigenvalue weighted by atomic mass is 16.5. The van der Waals surface area contributed by atoms with Crippen molar-refractivity contribution in [3.63, 3.8) is 0 Å². The third-order valence-electron chi connectivity index (χ3n) is 4.98. The van der Waals surface area contributed by atoms with Crippen LogP contribution in [0, 0.1) is 0 Å². The summed E-state index contributed by atoms with van der Waals surface area (Å²) < 4.78 is 16.0. The van der Waals surface area contributed by atoms with Gasteiger partial charge in [-0.3, -0.25) is 9.89 Å².